The van der Waals surface area contributed by atoms with Gasteiger partial charge in [-0.2, -0.15) is 5.10 Å². The lowest BCUT2D eigenvalue weighted by molar-refractivity contribution is 0.0783. The predicted molar refractivity (Wildman–Crippen MR) is 104 cm³/mol. The van der Waals surface area contributed by atoms with Crippen molar-refractivity contribution in [1.29, 1.82) is 0 Å². The van der Waals surface area contributed by atoms with Crippen molar-refractivity contribution in [2.24, 2.45) is 13.0 Å². The van der Waals surface area contributed by atoms with Crippen LogP contribution >= 0.6 is 0 Å². The molecule has 1 aliphatic heterocycles. The van der Waals surface area contributed by atoms with Crippen LogP contribution in [-0.2, 0) is 13.6 Å². The largest absolute Gasteiger partial charge is 0.336 e. The number of aromatic nitrogens is 5. The summed E-state index contributed by atoms with van der Waals surface area (Å²) in [6.45, 7) is 8.70. The second kappa shape index (κ2) is 6.79. The molecule has 7 heteroatoms. The highest BCUT2D eigenvalue weighted by atomic mass is 16.2. The SMILES string of the molecule is Cc1cc(C(=O)N2CCC(c3nc4ccncc4n3CC(C)C)C2)nn1C. The van der Waals surface area contributed by atoms with E-state index in [0.29, 0.717) is 18.2 Å². The lowest BCUT2D eigenvalue weighted by atomic mass is 10.1. The van der Waals surface area contributed by atoms with E-state index < -0.39 is 0 Å². The van der Waals surface area contributed by atoms with Crippen LogP contribution in [0.3, 0.4) is 0 Å². The van der Waals surface area contributed by atoms with Crippen LogP contribution in [-0.4, -0.2) is 48.2 Å². The molecule has 3 aromatic rings. The summed E-state index contributed by atoms with van der Waals surface area (Å²) in [7, 11) is 1.86. The topological polar surface area (TPSA) is 68.8 Å². The number of rotatable bonds is 4. The molecule has 0 aliphatic carbocycles. The van der Waals surface area contributed by atoms with Gasteiger partial charge in [-0.15, -0.1) is 0 Å². The average molecular weight is 366 g/mol. The molecule has 142 valence electrons. The quantitative estimate of drug-likeness (QED) is 0.712. The van der Waals surface area contributed by atoms with E-state index in [1.807, 2.05) is 37.2 Å². The highest BCUT2D eigenvalue weighted by Crippen LogP contribution is 2.30. The molecule has 1 aliphatic rings. The summed E-state index contributed by atoms with van der Waals surface area (Å²) in [4.78, 5) is 23.9. The van der Waals surface area contributed by atoms with E-state index in [0.717, 1.165) is 42.1 Å². The maximum Gasteiger partial charge on any atom is 0.274 e. The summed E-state index contributed by atoms with van der Waals surface area (Å²) in [5, 5.41) is 4.34. The van der Waals surface area contributed by atoms with Crippen molar-refractivity contribution >= 4 is 16.9 Å². The Bertz CT molecular complexity index is 966. The molecule has 7 nitrogen and oxygen atoms in total. The Labute approximate surface area is 159 Å². The van der Waals surface area contributed by atoms with Crippen molar-refractivity contribution in [2.75, 3.05) is 13.1 Å². The Hall–Kier alpha value is -2.70. The van der Waals surface area contributed by atoms with Crippen molar-refractivity contribution in [2.45, 2.75) is 39.7 Å². The van der Waals surface area contributed by atoms with Crippen LogP contribution in [0, 0.1) is 12.8 Å². The van der Waals surface area contributed by atoms with Crippen LogP contribution in [0.5, 0.6) is 0 Å². The highest BCUT2D eigenvalue weighted by molar-refractivity contribution is 5.92. The molecule has 0 radical (unpaired) electrons. The molecule has 27 heavy (non-hydrogen) atoms. The van der Waals surface area contributed by atoms with Crippen molar-refractivity contribution in [3.63, 3.8) is 0 Å². The van der Waals surface area contributed by atoms with Gasteiger partial charge in [0.1, 0.15) is 5.82 Å². The Morgan fingerprint density at radius 1 is 1.37 bits per heavy atom. The number of likely N-dealkylation sites (tertiary alicyclic amines) is 1. The molecule has 0 aromatic carbocycles. The number of hydrogen-bond donors (Lipinski definition) is 0. The minimum Gasteiger partial charge on any atom is -0.336 e. The zero-order valence-electron chi connectivity index (χ0n) is 16.4. The number of fused-ring (bicyclic) bond motifs is 1. The molecular formula is C20H26N6O. The number of hydrogen-bond acceptors (Lipinski definition) is 4. The summed E-state index contributed by atoms with van der Waals surface area (Å²) < 4.78 is 4.03. The third-order valence-electron chi connectivity index (χ3n) is 5.30. The molecule has 1 amide bonds. The van der Waals surface area contributed by atoms with Gasteiger partial charge in [-0.1, -0.05) is 13.8 Å². The van der Waals surface area contributed by atoms with Crippen molar-refractivity contribution in [1.82, 2.24) is 29.2 Å². The van der Waals surface area contributed by atoms with Crippen molar-refractivity contribution in [3.05, 3.63) is 41.7 Å². The highest BCUT2D eigenvalue weighted by Gasteiger charge is 2.32. The average Bonchev–Trinajstić information content (AvgIpc) is 3.33. The minimum atomic E-state index is 0.00869. The van der Waals surface area contributed by atoms with E-state index >= 15 is 0 Å². The first-order valence-electron chi connectivity index (χ1n) is 9.54. The van der Waals surface area contributed by atoms with Crippen LogP contribution in [0.2, 0.25) is 0 Å². The lowest BCUT2D eigenvalue weighted by Gasteiger charge is -2.17. The van der Waals surface area contributed by atoms with Gasteiger partial charge in [0.05, 0.1) is 17.2 Å². The lowest BCUT2D eigenvalue weighted by Crippen LogP contribution is -2.29. The second-order valence-electron chi connectivity index (χ2n) is 7.87. The van der Waals surface area contributed by atoms with Crippen LogP contribution in [0.1, 0.15) is 48.2 Å². The van der Waals surface area contributed by atoms with Gasteiger partial charge in [-0.25, -0.2) is 4.98 Å². The Morgan fingerprint density at radius 2 is 2.19 bits per heavy atom. The molecule has 4 rings (SSSR count). The van der Waals surface area contributed by atoms with Crippen LogP contribution < -0.4 is 0 Å². The Balaban J connectivity index is 1.61. The first kappa shape index (κ1) is 17.7. The van der Waals surface area contributed by atoms with Crippen LogP contribution in [0.25, 0.3) is 11.0 Å². The van der Waals surface area contributed by atoms with Gasteiger partial charge >= 0.3 is 0 Å². The summed E-state index contributed by atoms with van der Waals surface area (Å²) in [6, 6.07) is 3.82. The van der Waals surface area contributed by atoms with Gasteiger partial charge in [0.25, 0.3) is 5.91 Å². The molecule has 3 aromatic heterocycles. The first-order chi connectivity index (χ1) is 12.9. The minimum absolute atomic E-state index is 0.00869. The Morgan fingerprint density at radius 3 is 2.89 bits per heavy atom. The molecule has 0 N–H and O–H groups in total. The fourth-order valence-corrected chi connectivity index (χ4v) is 3.84. The molecule has 0 saturated carbocycles. The smallest absolute Gasteiger partial charge is 0.274 e. The number of imidazole rings is 1. The monoisotopic (exact) mass is 366 g/mol. The number of amides is 1. The predicted octanol–water partition coefficient (Wildman–Crippen LogP) is 2.76. The normalized spacial score (nSPS) is 17.4. The molecule has 0 bridgehead atoms. The van der Waals surface area contributed by atoms with E-state index in [4.69, 9.17) is 4.98 Å². The fraction of sp³-hybridized carbons (Fsp3) is 0.500. The zero-order chi connectivity index (χ0) is 19.1. The molecule has 4 heterocycles. The molecule has 1 fully saturated rings. The number of pyridine rings is 1. The number of carbonyl (C=O) groups is 1. The van der Waals surface area contributed by atoms with E-state index in [9.17, 15) is 4.79 Å². The molecule has 1 atom stereocenters. The fourth-order valence-electron chi connectivity index (χ4n) is 3.84. The number of aryl methyl sites for hydroxylation is 2. The van der Waals surface area contributed by atoms with E-state index in [1.165, 1.54) is 0 Å². The molecule has 1 unspecified atom stereocenters. The summed E-state index contributed by atoms with van der Waals surface area (Å²) >= 11 is 0. The maximum atomic E-state index is 12.8. The maximum absolute atomic E-state index is 12.8. The molecular weight excluding hydrogens is 340 g/mol. The third-order valence-corrected chi connectivity index (χ3v) is 5.30. The third kappa shape index (κ3) is 3.22. The summed E-state index contributed by atoms with van der Waals surface area (Å²) in [5.41, 5.74) is 3.56. The van der Waals surface area contributed by atoms with Gasteiger partial charge in [-0.05, 0) is 31.4 Å². The van der Waals surface area contributed by atoms with Crippen LogP contribution in [0.4, 0.5) is 0 Å². The van der Waals surface area contributed by atoms with E-state index in [-0.39, 0.29) is 11.8 Å². The molecule has 0 spiro atoms. The standard InChI is InChI=1S/C20H26N6O/c1-13(2)11-26-18-10-21-7-5-16(18)22-19(26)15-6-8-25(12-15)20(27)17-9-14(3)24(4)23-17/h5,7,9-10,13,15H,6,8,11-12H2,1-4H3. The second-order valence-corrected chi connectivity index (χ2v) is 7.87. The van der Waals surface area contributed by atoms with Gasteiger partial charge in [0.2, 0.25) is 0 Å². The number of nitrogens with zero attached hydrogens (tertiary/aromatic N) is 6. The van der Waals surface area contributed by atoms with Crippen LogP contribution in [0.15, 0.2) is 24.5 Å². The van der Waals surface area contributed by atoms with Crippen molar-refractivity contribution < 1.29 is 4.79 Å². The van der Waals surface area contributed by atoms with Gasteiger partial charge < -0.3 is 9.47 Å². The van der Waals surface area contributed by atoms with Gasteiger partial charge in [-0.3, -0.25) is 14.5 Å². The van der Waals surface area contributed by atoms with Crippen molar-refractivity contribution in [3.8, 4) is 0 Å². The first-order valence-corrected chi connectivity index (χ1v) is 9.54. The zero-order valence-corrected chi connectivity index (χ0v) is 16.4. The van der Waals surface area contributed by atoms with Gasteiger partial charge in [0.15, 0.2) is 5.69 Å². The van der Waals surface area contributed by atoms with E-state index in [2.05, 4.69) is 28.5 Å². The van der Waals surface area contributed by atoms with E-state index in [1.54, 1.807) is 10.9 Å². The number of carbonyl (C=O) groups excluding carboxylic acids is 1. The Kier molecular flexibility index (Phi) is 4.45. The summed E-state index contributed by atoms with van der Waals surface area (Å²) in [5.74, 6) is 1.83. The van der Waals surface area contributed by atoms with Gasteiger partial charge in [0, 0.05) is 44.5 Å². The molecule has 1 saturated heterocycles. The summed E-state index contributed by atoms with van der Waals surface area (Å²) in [6.07, 6.45) is 4.60.